The van der Waals surface area contributed by atoms with Crippen molar-refractivity contribution in [2.75, 3.05) is 0 Å². The van der Waals surface area contributed by atoms with E-state index in [1.807, 2.05) is 0 Å². The zero-order valence-electron chi connectivity index (χ0n) is 7.63. The van der Waals surface area contributed by atoms with Crippen LogP contribution in [0.4, 0.5) is 0 Å². The fraction of sp³-hybridized carbons (Fsp3) is 0.625. The van der Waals surface area contributed by atoms with Crippen molar-refractivity contribution in [1.29, 1.82) is 0 Å². The van der Waals surface area contributed by atoms with Crippen LogP contribution in [0.15, 0.2) is 6.20 Å². The Labute approximate surface area is 80.7 Å². The van der Waals surface area contributed by atoms with E-state index in [4.69, 9.17) is 10.8 Å². The lowest BCUT2D eigenvalue weighted by molar-refractivity contribution is 0.0690. The molecule has 2 atom stereocenters. The van der Waals surface area contributed by atoms with Gasteiger partial charge in [-0.1, -0.05) is 5.21 Å². The maximum Gasteiger partial charge on any atom is 0.358 e. The van der Waals surface area contributed by atoms with Crippen LogP contribution in [-0.2, 0) is 0 Å². The van der Waals surface area contributed by atoms with Gasteiger partial charge in [-0.3, -0.25) is 0 Å². The van der Waals surface area contributed by atoms with Crippen LogP contribution in [0.25, 0.3) is 0 Å². The zero-order valence-corrected chi connectivity index (χ0v) is 7.63. The number of carboxylic acid groups (broad SMARTS) is 1. The predicted octanol–water partition coefficient (Wildman–Crippen LogP) is 0.0286. The first-order valence-corrected chi connectivity index (χ1v) is 4.57. The number of nitrogens with two attached hydrogens (primary N) is 1. The van der Waals surface area contributed by atoms with Crippen molar-refractivity contribution in [1.82, 2.24) is 15.0 Å². The molecule has 76 valence electrons. The highest BCUT2D eigenvalue weighted by Crippen LogP contribution is 2.27. The Hall–Kier alpha value is -1.43. The molecule has 0 amide bonds. The largest absolute Gasteiger partial charge is 0.476 e. The quantitative estimate of drug-likeness (QED) is 0.695. The molecule has 0 aliphatic heterocycles. The fourth-order valence-corrected chi connectivity index (χ4v) is 1.79. The topological polar surface area (TPSA) is 94.0 Å². The molecular weight excluding hydrogens is 184 g/mol. The molecule has 6 nitrogen and oxygen atoms in total. The minimum absolute atomic E-state index is 0.00882. The summed E-state index contributed by atoms with van der Waals surface area (Å²) in [5, 5.41) is 16.0. The molecule has 1 fully saturated rings. The first-order chi connectivity index (χ1) is 6.66. The molecule has 6 heteroatoms. The second kappa shape index (κ2) is 3.38. The van der Waals surface area contributed by atoms with Crippen molar-refractivity contribution in [3.8, 4) is 0 Å². The molecule has 3 N–H and O–H groups in total. The molecule has 1 heterocycles. The van der Waals surface area contributed by atoms with E-state index < -0.39 is 5.97 Å². The first-order valence-electron chi connectivity index (χ1n) is 4.57. The van der Waals surface area contributed by atoms with Crippen molar-refractivity contribution in [2.24, 2.45) is 5.73 Å². The summed E-state index contributed by atoms with van der Waals surface area (Å²) >= 11 is 0. The van der Waals surface area contributed by atoms with Crippen LogP contribution in [0.3, 0.4) is 0 Å². The van der Waals surface area contributed by atoms with Gasteiger partial charge in [0.2, 0.25) is 0 Å². The molecule has 1 saturated carbocycles. The summed E-state index contributed by atoms with van der Waals surface area (Å²) in [5.74, 6) is -1.04. The van der Waals surface area contributed by atoms with Crippen LogP contribution in [0.1, 0.15) is 35.8 Å². The van der Waals surface area contributed by atoms with Gasteiger partial charge in [0, 0.05) is 6.04 Å². The fourth-order valence-electron chi connectivity index (χ4n) is 1.79. The molecule has 0 radical (unpaired) electrons. The van der Waals surface area contributed by atoms with Crippen LogP contribution in [0.5, 0.6) is 0 Å². The molecular formula is C8H12N4O2. The molecule has 1 aromatic heterocycles. The highest BCUT2D eigenvalue weighted by atomic mass is 16.4. The van der Waals surface area contributed by atoms with Gasteiger partial charge in [-0.15, -0.1) is 5.10 Å². The molecule has 0 saturated heterocycles. The van der Waals surface area contributed by atoms with Crippen LogP contribution < -0.4 is 5.73 Å². The second-order valence-electron chi connectivity index (χ2n) is 3.62. The van der Waals surface area contributed by atoms with Gasteiger partial charge in [0.25, 0.3) is 0 Å². The highest BCUT2D eigenvalue weighted by molar-refractivity contribution is 5.84. The molecule has 14 heavy (non-hydrogen) atoms. The van der Waals surface area contributed by atoms with Gasteiger partial charge in [0.15, 0.2) is 5.69 Å². The lowest BCUT2D eigenvalue weighted by Crippen LogP contribution is -2.16. The van der Waals surface area contributed by atoms with Crippen molar-refractivity contribution in [3.63, 3.8) is 0 Å². The van der Waals surface area contributed by atoms with Crippen LogP contribution in [0, 0.1) is 0 Å². The average Bonchev–Trinajstić information content (AvgIpc) is 2.70. The van der Waals surface area contributed by atoms with Crippen molar-refractivity contribution >= 4 is 5.97 Å². The third-order valence-corrected chi connectivity index (χ3v) is 2.55. The molecule has 1 aromatic rings. The number of nitrogens with zero attached hydrogens (tertiary/aromatic N) is 3. The average molecular weight is 196 g/mol. The third kappa shape index (κ3) is 1.60. The Balaban J connectivity index is 2.13. The van der Waals surface area contributed by atoms with Gasteiger partial charge >= 0.3 is 5.97 Å². The maximum atomic E-state index is 10.6. The number of carbonyl (C=O) groups is 1. The summed E-state index contributed by atoms with van der Waals surface area (Å²) in [6.07, 6.45) is 4.23. The normalized spacial score (nSPS) is 26.6. The van der Waals surface area contributed by atoms with E-state index >= 15 is 0 Å². The van der Waals surface area contributed by atoms with Gasteiger partial charge in [0.05, 0.1) is 12.2 Å². The molecule has 0 aromatic carbocycles. The van der Waals surface area contributed by atoms with E-state index in [9.17, 15) is 4.79 Å². The number of hydrogen-bond acceptors (Lipinski definition) is 4. The SMILES string of the molecule is N[C@@H]1CC[C@H](n2cc(C(=O)O)nn2)C1. The molecule has 0 bridgehead atoms. The molecule has 1 aliphatic rings. The number of aromatic carboxylic acids is 1. The number of rotatable bonds is 2. The Morgan fingerprint density at radius 1 is 1.64 bits per heavy atom. The van der Waals surface area contributed by atoms with Crippen molar-refractivity contribution < 1.29 is 9.90 Å². The summed E-state index contributed by atoms with van der Waals surface area (Å²) in [4.78, 5) is 10.6. The summed E-state index contributed by atoms with van der Waals surface area (Å²) in [6, 6.07) is 0.420. The minimum Gasteiger partial charge on any atom is -0.476 e. The predicted molar refractivity (Wildman–Crippen MR) is 47.8 cm³/mol. The third-order valence-electron chi connectivity index (χ3n) is 2.55. The highest BCUT2D eigenvalue weighted by Gasteiger charge is 2.24. The first kappa shape index (κ1) is 9.14. The van der Waals surface area contributed by atoms with Crippen molar-refractivity contribution in [3.05, 3.63) is 11.9 Å². The monoisotopic (exact) mass is 196 g/mol. The van der Waals surface area contributed by atoms with Crippen LogP contribution in [-0.4, -0.2) is 32.1 Å². The van der Waals surface area contributed by atoms with E-state index in [-0.39, 0.29) is 17.8 Å². The lowest BCUT2D eigenvalue weighted by atomic mass is 10.2. The Morgan fingerprint density at radius 3 is 2.93 bits per heavy atom. The molecule has 0 unspecified atom stereocenters. The van der Waals surface area contributed by atoms with Gasteiger partial charge in [0.1, 0.15) is 0 Å². The van der Waals surface area contributed by atoms with E-state index in [0.717, 1.165) is 19.3 Å². The van der Waals surface area contributed by atoms with Gasteiger partial charge < -0.3 is 10.8 Å². The smallest absolute Gasteiger partial charge is 0.358 e. The van der Waals surface area contributed by atoms with E-state index in [0.29, 0.717) is 0 Å². The summed E-state index contributed by atoms with van der Waals surface area (Å²) in [6.45, 7) is 0. The van der Waals surface area contributed by atoms with Gasteiger partial charge in [-0.25, -0.2) is 9.48 Å². The van der Waals surface area contributed by atoms with Crippen molar-refractivity contribution in [2.45, 2.75) is 31.3 Å². The number of aromatic nitrogens is 3. The number of carboxylic acids is 1. The molecule has 2 rings (SSSR count). The zero-order chi connectivity index (χ0) is 10.1. The minimum atomic E-state index is -1.04. The second-order valence-corrected chi connectivity index (χ2v) is 3.62. The Kier molecular flexibility index (Phi) is 2.20. The molecule has 0 spiro atoms. The number of hydrogen-bond donors (Lipinski definition) is 2. The van der Waals surface area contributed by atoms with Crippen LogP contribution in [0.2, 0.25) is 0 Å². The standard InChI is InChI=1S/C8H12N4O2/c9-5-1-2-6(3-5)12-4-7(8(13)14)10-11-12/h4-6H,1-3,9H2,(H,13,14)/t5-,6+/m1/s1. The maximum absolute atomic E-state index is 10.6. The Morgan fingerprint density at radius 2 is 2.43 bits per heavy atom. The summed E-state index contributed by atoms with van der Waals surface area (Å²) in [5.41, 5.74) is 5.74. The van der Waals surface area contributed by atoms with E-state index in [1.54, 1.807) is 4.68 Å². The van der Waals surface area contributed by atoms with Gasteiger partial charge in [-0.05, 0) is 19.3 Å². The molecule has 1 aliphatic carbocycles. The lowest BCUT2D eigenvalue weighted by Gasteiger charge is -2.07. The van der Waals surface area contributed by atoms with E-state index in [2.05, 4.69) is 10.3 Å². The Bertz CT molecular complexity index is 349. The van der Waals surface area contributed by atoms with Gasteiger partial charge in [-0.2, -0.15) is 0 Å². The van der Waals surface area contributed by atoms with Crippen LogP contribution >= 0.6 is 0 Å². The summed E-state index contributed by atoms with van der Waals surface area (Å²) < 4.78 is 1.61. The summed E-state index contributed by atoms with van der Waals surface area (Å²) in [7, 11) is 0. The van der Waals surface area contributed by atoms with E-state index in [1.165, 1.54) is 6.20 Å².